The molecule has 1 aromatic rings. The summed E-state index contributed by atoms with van der Waals surface area (Å²) in [5, 5.41) is 18.3. The molecule has 1 aliphatic carbocycles. The molecule has 0 fully saturated rings. The number of fused-ring (bicyclic) bond motifs is 1. The first-order chi connectivity index (χ1) is 7.20. The van der Waals surface area contributed by atoms with E-state index in [1.807, 2.05) is 12.1 Å². The van der Waals surface area contributed by atoms with Crippen LogP contribution in [0.2, 0.25) is 0 Å². The third-order valence-electron chi connectivity index (χ3n) is 2.96. The Hall–Kier alpha value is -1.35. The molecule has 0 radical (unpaired) electrons. The second-order valence-corrected chi connectivity index (χ2v) is 3.93. The predicted molar refractivity (Wildman–Crippen MR) is 55.7 cm³/mol. The zero-order valence-corrected chi connectivity index (χ0v) is 8.44. The molecule has 15 heavy (non-hydrogen) atoms. The van der Waals surface area contributed by atoms with E-state index in [0.717, 1.165) is 31.2 Å². The van der Waals surface area contributed by atoms with Crippen molar-refractivity contribution in [1.29, 1.82) is 0 Å². The highest BCUT2D eigenvalue weighted by Gasteiger charge is 2.22. The number of aliphatic hydroxyl groups is 1. The number of aryl methyl sites for hydroxylation is 1. The van der Waals surface area contributed by atoms with E-state index in [1.54, 1.807) is 6.07 Å². The van der Waals surface area contributed by atoms with Gasteiger partial charge in [0.25, 0.3) is 0 Å². The average molecular weight is 206 g/mol. The Bertz CT molecular complexity index is 384. The Morgan fingerprint density at radius 3 is 2.73 bits per heavy atom. The van der Waals surface area contributed by atoms with E-state index in [0.29, 0.717) is 5.56 Å². The second-order valence-electron chi connectivity index (χ2n) is 3.93. The van der Waals surface area contributed by atoms with Gasteiger partial charge in [-0.25, -0.2) is 4.79 Å². The van der Waals surface area contributed by atoms with Crippen molar-refractivity contribution in [3.63, 3.8) is 0 Å². The first-order valence-electron chi connectivity index (χ1n) is 5.21. The Labute approximate surface area is 88.4 Å². The third kappa shape index (κ3) is 1.88. The molecule has 1 aliphatic rings. The molecule has 0 bridgehead atoms. The summed E-state index contributed by atoms with van der Waals surface area (Å²) in [5.41, 5.74) is 2.80. The van der Waals surface area contributed by atoms with Crippen molar-refractivity contribution in [2.24, 2.45) is 0 Å². The highest BCUT2D eigenvalue weighted by molar-refractivity contribution is 5.74. The summed E-state index contributed by atoms with van der Waals surface area (Å²) in [4.78, 5) is 10.7. The average Bonchev–Trinajstić information content (AvgIpc) is 2.27. The van der Waals surface area contributed by atoms with E-state index in [2.05, 4.69) is 0 Å². The Morgan fingerprint density at radius 1 is 1.27 bits per heavy atom. The summed E-state index contributed by atoms with van der Waals surface area (Å²) < 4.78 is 0. The van der Waals surface area contributed by atoms with Crippen molar-refractivity contribution in [1.82, 2.24) is 0 Å². The lowest BCUT2D eigenvalue weighted by Gasteiger charge is -2.20. The predicted octanol–water partition coefficient (Wildman–Crippen LogP) is 1.68. The van der Waals surface area contributed by atoms with Gasteiger partial charge in [-0.1, -0.05) is 18.2 Å². The SMILES string of the molecule is O=C(O)C(O)c1cccc2c1CCCC2. The summed E-state index contributed by atoms with van der Waals surface area (Å²) in [6.45, 7) is 0. The van der Waals surface area contributed by atoms with E-state index >= 15 is 0 Å². The highest BCUT2D eigenvalue weighted by atomic mass is 16.4. The van der Waals surface area contributed by atoms with Gasteiger partial charge in [0.1, 0.15) is 0 Å². The zero-order valence-electron chi connectivity index (χ0n) is 8.44. The van der Waals surface area contributed by atoms with Crippen molar-refractivity contribution in [3.8, 4) is 0 Å². The van der Waals surface area contributed by atoms with Crippen LogP contribution in [0.5, 0.6) is 0 Å². The molecule has 0 spiro atoms. The van der Waals surface area contributed by atoms with Crippen molar-refractivity contribution in [2.45, 2.75) is 31.8 Å². The largest absolute Gasteiger partial charge is 0.479 e. The van der Waals surface area contributed by atoms with E-state index in [4.69, 9.17) is 5.11 Å². The van der Waals surface area contributed by atoms with Crippen LogP contribution in [0.3, 0.4) is 0 Å². The number of carboxylic acid groups (broad SMARTS) is 1. The number of hydrogen-bond donors (Lipinski definition) is 2. The molecule has 1 atom stereocenters. The fourth-order valence-corrected chi connectivity index (χ4v) is 2.20. The molecule has 2 rings (SSSR count). The number of carboxylic acids is 1. The molecule has 0 heterocycles. The Kier molecular flexibility index (Phi) is 2.73. The van der Waals surface area contributed by atoms with Crippen LogP contribution < -0.4 is 0 Å². The van der Waals surface area contributed by atoms with E-state index in [9.17, 15) is 9.90 Å². The monoisotopic (exact) mass is 206 g/mol. The molecule has 0 saturated heterocycles. The standard InChI is InChI=1S/C12H14O3/c13-11(12(14)15)10-7-3-5-8-4-1-2-6-9(8)10/h3,5,7,11,13H,1-2,4,6H2,(H,14,15). The molecule has 0 aliphatic heterocycles. The van der Waals surface area contributed by atoms with Crippen molar-refractivity contribution < 1.29 is 15.0 Å². The van der Waals surface area contributed by atoms with Crippen LogP contribution in [0.1, 0.15) is 35.6 Å². The topological polar surface area (TPSA) is 57.5 Å². The normalized spacial score (nSPS) is 16.9. The lowest BCUT2D eigenvalue weighted by atomic mass is 9.86. The minimum Gasteiger partial charge on any atom is -0.479 e. The quantitative estimate of drug-likeness (QED) is 0.774. The number of rotatable bonds is 2. The van der Waals surface area contributed by atoms with Gasteiger partial charge in [-0.3, -0.25) is 0 Å². The van der Waals surface area contributed by atoms with Crippen molar-refractivity contribution in [2.75, 3.05) is 0 Å². The second kappa shape index (κ2) is 4.03. The van der Waals surface area contributed by atoms with Gasteiger partial charge in [0.05, 0.1) is 0 Å². The van der Waals surface area contributed by atoms with Gasteiger partial charge in [-0.05, 0) is 42.4 Å². The molecule has 3 heteroatoms. The molecule has 3 nitrogen and oxygen atoms in total. The lowest BCUT2D eigenvalue weighted by Crippen LogP contribution is -2.15. The van der Waals surface area contributed by atoms with Gasteiger partial charge >= 0.3 is 5.97 Å². The summed E-state index contributed by atoms with van der Waals surface area (Å²) >= 11 is 0. The fourth-order valence-electron chi connectivity index (χ4n) is 2.20. The van der Waals surface area contributed by atoms with Crippen LogP contribution in [0, 0.1) is 0 Å². The van der Waals surface area contributed by atoms with Crippen LogP contribution in [0.25, 0.3) is 0 Å². The summed E-state index contributed by atoms with van der Waals surface area (Å²) in [6, 6.07) is 5.56. The van der Waals surface area contributed by atoms with Crippen LogP contribution in [0.4, 0.5) is 0 Å². The number of benzene rings is 1. The molecular weight excluding hydrogens is 192 g/mol. The van der Waals surface area contributed by atoms with Crippen molar-refractivity contribution in [3.05, 3.63) is 34.9 Å². The lowest BCUT2D eigenvalue weighted by molar-refractivity contribution is -0.147. The van der Waals surface area contributed by atoms with E-state index in [1.165, 1.54) is 5.56 Å². The minimum atomic E-state index is -1.38. The summed E-state index contributed by atoms with van der Waals surface area (Å²) in [5.74, 6) is -1.17. The molecule has 0 amide bonds. The Morgan fingerprint density at radius 2 is 2.00 bits per heavy atom. The zero-order chi connectivity index (χ0) is 10.8. The smallest absolute Gasteiger partial charge is 0.337 e. The number of hydrogen-bond acceptors (Lipinski definition) is 2. The highest BCUT2D eigenvalue weighted by Crippen LogP contribution is 2.28. The molecule has 0 saturated carbocycles. The first kappa shape index (κ1) is 10.2. The van der Waals surface area contributed by atoms with E-state index in [-0.39, 0.29) is 0 Å². The number of aliphatic carboxylic acids is 1. The van der Waals surface area contributed by atoms with Crippen LogP contribution in [0.15, 0.2) is 18.2 Å². The number of aliphatic hydroxyl groups excluding tert-OH is 1. The third-order valence-corrected chi connectivity index (χ3v) is 2.96. The number of carbonyl (C=O) groups is 1. The van der Waals surface area contributed by atoms with Gasteiger partial charge in [0.2, 0.25) is 0 Å². The molecule has 80 valence electrons. The van der Waals surface area contributed by atoms with Crippen LogP contribution >= 0.6 is 0 Å². The maximum atomic E-state index is 10.7. The summed E-state index contributed by atoms with van der Waals surface area (Å²) in [7, 11) is 0. The van der Waals surface area contributed by atoms with E-state index < -0.39 is 12.1 Å². The summed E-state index contributed by atoms with van der Waals surface area (Å²) in [6.07, 6.45) is 2.74. The van der Waals surface area contributed by atoms with Crippen molar-refractivity contribution >= 4 is 5.97 Å². The van der Waals surface area contributed by atoms with Gasteiger partial charge in [0.15, 0.2) is 6.10 Å². The Balaban J connectivity index is 2.43. The van der Waals surface area contributed by atoms with Gasteiger partial charge < -0.3 is 10.2 Å². The fraction of sp³-hybridized carbons (Fsp3) is 0.417. The van der Waals surface area contributed by atoms with Gasteiger partial charge in [-0.15, -0.1) is 0 Å². The maximum absolute atomic E-state index is 10.7. The molecular formula is C12H14O3. The molecule has 1 unspecified atom stereocenters. The molecule has 1 aromatic carbocycles. The van der Waals surface area contributed by atoms with Crippen LogP contribution in [-0.2, 0) is 17.6 Å². The maximum Gasteiger partial charge on any atom is 0.337 e. The molecule has 2 N–H and O–H groups in total. The first-order valence-corrected chi connectivity index (χ1v) is 5.21. The minimum absolute atomic E-state index is 0.569. The van der Waals surface area contributed by atoms with Gasteiger partial charge in [-0.2, -0.15) is 0 Å². The molecule has 0 aromatic heterocycles. The van der Waals surface area contributed by atoms with Gasteiger partial charge in [0, 0.05) is 0 Å². The van der Waals surface area contributed by atoms with Crippen LogP contribution in [-0.4, -0.2) is 16.2 Å².